The molecule has 0 fully saturated rings. The molecule has 0 radical (unpaired) electrons. The monoisotopic (exact) mass is 1300 g/mol. The fraction of sp³-hybridized carbons (Fsp3) is 0. The van der Waals surface area contributed by atoms with Crippen LogP contribution >= 0.6 is 0 Å². The molecule has 19 aromatic rings. The quantitative estimate of drug-likeness (QED) is 0.108. The van der Waals surface area contributed by atoms with Crippen molar-refractivity contribution >= 4 is 99.3 Å². The fourth-order valence-electron chi connectivity index (χ4n) is 15.6. The van der Waals surface area contributed by atoms with Gasteiger partial charge in [-0.3, -0.25) is 0 Å². The lowest BCUT2D eigenvalue weighted by Crippen LogP contribution is -2.10. The summed E-state index contributed by atoms with van der Waals surface area (Å²) in [6, 6.07) is 146. The second-order valence-corrected chi connectivity index (χ2v) is 26.4. The molecule has 0 amide bonds. The maximum absolute atomic E-state index is 2.47. The van der Waals surface area contributed by atoms with Crippen LogP contribution in [0.15, 0.2) is 400 Å². The zero-order valence-corrected chi connectivity index (χ0v) is 55.9. The van der Waals surface area contributed by atoms with E-state index in [9.17, 15) is 0 Å². The molecule has 0 saturated carbocycles. The average molecular weight is 1300 g/mol. The molecule has 0 aliphatic heterocycles. The Morgan fingerprint density at radius 3 is 0.814 bits per heavy atom. The van der Waals surface area contributed by atoms with E-state index in [2.05, 4.69) is 419 Å². The number of benzene rings is 17. The first kappa shape index (κ1) is 59.7. The van der Waals surface area contributed by atoms with Crippen LogP contribution in [0.2, 0.25) is 0 Å². The molecule has 4 heteroatoms. The number of rotatable bonds is 14. The van der Waals surface area contributed by atoms with Gasteiger partial charge in [0.25, 0.3) is 0 Å². The molecule has 19 rings (SSSR count). The van der Waals surface area contributed by atoms with Crippen LogP contribution in [0.1, 0.15) is 0 Å². The lowest BCUT2D eigenvalue weighted by Gasteiger charge is -2.26. The molecule has 0 N–H and O–H groups in total. The number of para-hydroxylation sites is 4. The van der Waals surface area contributed by atoms with E-state index in [4.69, 9.17) is 0 Å². The Morgan fingerprint density at radius 2 is 0.441 bits per heavy atom. The molecular weight excluding hydrogens is 1230 g/mol. The van der Waals surface area contributed by atoms with Crippen molar-refractivity contribution in [3.8, 4) is 78.1 Å². The number of aromatic nitrogens is 2. The van der Waals surface area contributed by atoms with Crippen molar-refractivity contribution in [2.24, 2.45) is 0 Å². The topological polar surface area (TPSA) is 16.3 Å². The Labute approximate surface area is 593 Å². The van der Waals surface area contributed by atoms with Crippen LogP contribution < -0.4 is 9.80 Å². The van der Waals surface area contributed by atoms with Crippen LogP contribution in [0.3, 0.4) is 0 Å². The smallest absolute Gasteiger partial charge is 0.0619 e. The zero-order valence-electron chi connectivity index (χ0n) is 55.9. The van der Waals surface area contributed by atoms with Crippen molar-refractivity contribution in [1.82, 2.24) is 9.13 Å². The molecule has 0 aliphatic carbocycles. The zero-order chi connectivity index (χ0) is 67.5. The minimum Gasteiger partial charge on any atom is -0.311 e. The summed E-state index contributed by atoms with van der Waals surface area (Å²) in [6.07, 6.45) is 0. The summed E-state index contributed by atoms with van der Waals surface area (Å²) >= 11 is 0. The summed E-state index contributed by atoms with van der Waals surface area (Å²) in [4.78, 5) is 4.74. The number of fused-ring (bicyclic) bond motifs is 10. The van der Waals surface area contributed by atoms with Gasteiger partial charge in [0, 0.05) is 77.6 Å². The average Bonchev–Trinajstić information content (AvgIpc) is 1.57. The lowest BCUT2D eigenvalue weighted by molar-refractivity contribution is 1.19. The Bertz CT molecular complexity index is 5930. The molecule has 0 aliphatic rings. The minimum absolute atomic E-state index is 1.07. The van der Waals surface area contributed by atoms with Gasteiger partial charge in [0.05, 0.1) is 33.4 Å². The SMILES string of the molecule is c1ccc(-c2ccc(N(c3ccc(-c4cccc(-c5ccc(N(c6ccc(-c7ccccc7)cc6)c6ccc(-c7ccccc7-n7c8ccccc8c8ccc9ccccc9c87)cc6)cc5)c4)cc3)c3ccc(-c4ccccc4-n4c5ccccc5c5ccc6ccccc6c54)cc3)cc2)cc1. The first-order valence-electron chi connectivity index (χ1n) is 35.0. The molecule has 17 aromatic carbocycles. The van der Waals surface area contributed by atoms with E-state index in [0.29, 0.717) is 0 Å². The van der Waals surface area contributed by atoms with E-state index in [0.717, 1.165) is 78.9 Å². The minimum atomic E-state index is 1.07. The van der Waals surface area contributed by atoms with E-state index in [1.54, 1.807) is 0 Å². The van der Waals surface area contributed by atoms with Crippen LogP contribution in [0.4, 0.5) is 34.1 Å². The molecule has 2 aromatic heterocycles. The Balaban J connectivity index is 0.641. The van der Waals surface area contributed by atoms with Crippen molar-refractivity contribution in [3.05, 3.63) is 400 Å². The molecule has 2 heterocycles. The van der Waals surface area contributed by atoms with E-state index >= 15 is 0 Å². The van der Waals surface area contributed by atoms with Crippen molar-refractivity contribution in [3.63, 3.8) is 0 Å². The molecule has 0 unspecified atom stereocenters. The molecule has 0 spiro atoms. The van der Waals surface area contributed by atoms with Crippen LogP contribution in [0, 0.1) is 0 Å². The van der Waals surface area contributed by atoms with Gasteiger partial charge in [-0.25, -0.2) is 0 Å². The summed E-state index contributed by atoms with van der Waals surface area (Å²) in [7, 11) is 0. The normalized spacial score (nSPS) is 11.5. The van der Waals surface area contributed by atoms with Gasteiger partial charge in [0.2, 0.25) is 0 Å². The highest BCUT2D eigenvalue weighted by molar-refractivity contribution is 6.20. The van der Waals surface area contributed by atoms with Crippen molar-refractivity contribution in [2.45, 2.75) is 0 Å². The van der Waals surface area contributed by atoms with Gasteiger partial charge in [-0.15, -0.1) is 0 Å². The summed E-state index contributed by atoms with van der Waals surface area (Å²) < 4.78 is 4.95. The third-order valence-corrected chi connectivity index (χ3v) is 20.5. The van der Waals surface area contributed by atoms with Gasteiger partial charge in [-0.2, -0.15) is 0 Å². The van der Waals surface area contributed by atoms with Gasteiger partial charge in [-0.05, 0) is 170 Å². The predicted octanol–water partition coefficient (Wildman–Crippen LogP) is 27.1. The molecule has 4 nitrogen and oxygen atoms in total. The standard InChI is InChI=1S/C98H66N4/c1-3-20-67(21-4-1)69-38-52-79(53-39-69)99(83-60-46-75(47-61-83)85-28-11-15-34-93(85)101-95-36-17-13-32-89(95)91-64-50-73-24-7-9-30-87(73)97(91)101)81-56-42-71(43-57-81)77-26-19-27-78(66-77)72-44-58-82(59-45-72)100(80-54-40-70(41-55-80)68-22-5-2-6-23-68)84-62-48-76(49-63-84)86-29-12-16-35-94(86)102-96-37-18-14-33-90(96)92-65-51-74-25-8-10-31-88(74)98(92)102/h1-66H. The highest BCUT2D eigenvalue weighted by Gasteiger charge is 2.22. The van der Waals surface area contributed by atoms with Gasteiger partial charge in [0.15, 0.2) is 0 Å². The van der Waals surface area contributed by atoms with Gasteiger partial charge in [0.1, 0.15) is 0 Å². The third kappa shape index (κ3) is 10.6. The van der Waals surface area contributed by atoms with Crippen LogP contribution in [-0.4, -0.2) is 9.13 Å². The van der Waals surface area contributed by atoms with Crippen LogP contribution in [0.25, 0.3) is 143 Å². The van der Waals surface area contributed by atoms with E-state index in [1.807, 2.05) is 0 Å². The Hall–Kier alpha value is -13.5. The molecule has 0 bridgehead atoms. The fourth-order valence-corrected chi connectivity index (χ4v) is 15.6. The number of nitrogens with zero attached hydrogens (tertiary/aromatic N) is 4. The van der Waals surface area contributed by atoms with Crippen molar-refractivity contribution < 1.29 is 0 Å². The largest absolute Gasteiger partial charge is 0.311 e. The van der Waals surface area contributed by atoms with E-state index in [-0.39, 0.29) is 0 Å². The number of hydrogen-bond donors (Lipinski definition) is 0. The molecule has 478 valence electrons. The first-order chi connectivity index (χ1) is 50.6. The van der Waals surface area contributed by atoms with Gasteiger partial charge in [-0.1, -0.05) is 297 Å². The molecule has 0 atom stereocenters. The van der Waals surface area contributed by atoms with E-state index in [1.165, 1.54) is 98.5 Å². The molecule has 102 heavy (non-hydrogen) atoms. The second kappa shape index (κ2) is 25.4. The first-order valence-corrected chi connectivity index (χ1v) is 35.0. The van der Waals surface area contributed by atoms with Crippen LogP contribution in [0.5, 0.6) is 0 Å². The maximum atomic E-state index is 2.47. The Morgan fingerprint density at radius 1 is 0.167 bits per heavy atom. The number of hydrogen-bond acceptors (Lipinski definition) is 2. The highest BCUT2D eigenvalue weighted by Crippen LogP contribution is 2.45. The Kier molecular flexibility index (Phi) is 14.9. The van der Waals surface area contributed by atoms with Crippen LogP contribution in [-0.2, 0) is 0 Å². The summed E-state index contributed by atoms with van der Waals surface area (Å²) in [6.45, 7) is 0. The third-order valence-electron chi connectivity index (χ3n) is 20.5. The van der Waals surface area contributed by atoms with E-state index < -0.39 is 0 Å². The lowest BCUT2D eigenvalue weighted by atomic mass is 9.98. The molecular formula is C98H66N4. The molecule has 0 saturated heterocycles. The second-order valence-electron chi connectivity index (χ2n) is 26.4. The van der Waals surface area contributed by atoms with Gasteiger partial charge < -0.3 is 18.9 Å². The predicted molar refractivity (Wildman–Crippen MR) is 432 cm³/mol. The highest BCUT2D eigenvalue weighted by atomic mass is 15.1. The summed E-state index contributed by atoms with van der Waals surface area (Å²) in [5.41, 5.74) is 27.4. The summed E-state index contributed by atoms with van der Waals surface area (Å²) in [5, 5.41) is 9.92. The van der Waals surface area contributed by atoms with Gasteiger partial charge >= 0.3 is 0 Å². The summed E-state index contributed by atoms with van der Waals surface area (Å²) in [5.74, 6) is 0. The van der Waals surface area contributed by atoms with Crippen molar-refractivity contribution in [2.75, 3.05) is 9.80 Å². The number of anilines is 6. The van der Waals surface area contributed by atoms with Crippen molar-refractivity contribution in [1.29, 1.82) is 0 Å². The maximum Gasteiger partial charge on any atom is 0.0619 e.